The third-order valence-corrected chi connectivity index (χ3v) is 8.09. The molecule has 4 aromatic rings. The van der Waals surface area contributed by atoms with Crippen LogP contribution >= 0.6 is 22.9 Å². The van der Waals surface area contributed by atoms with E-state index in [-0.39, 0.29) is 18.8 Å². The number of hydrogen-bond acceptors (Lipinski definition) is 7. The number of nitrogens with zero attached hydrogens (tertiary/aromatic N) is 2. The maximum absolute atomic E-state index is 13.9. The van der Waals surface area contributed by atoms with Crippen molar-refractivity contribution in [3.8, 4) is 11.5 Å². The quantitative estimate of drug-likeness (QED) is 0.259. The van der Waals surface area contributed by atoms with Crippen molar-refractivity contribution < 1.29 is 19.0 Å². The van der Waals surface area contributed by atoms with Gasteiger partial charge in [-0.3, -0.25) is 9.36 Å². The molecular weight excluding hydrogens is 560 g/mol. The first kappa shape index (κ1) is 28.4. The van der Waals surface area contributed by atoms with Crippen LogP contribution in [0.15, 0.2) is 87.8 Å². The van der Waals surface area contributed by atoms with E-state index in [2.05, 4.69) is 4.99 Å². The van der Waals surface area contributed by atoms with Crippen molar-refractivity contribution in [2.45, 2.75) is 33.4 Å². The maximum Gasteiger partial charge on any atom is 0.338 e. The van der Waals surface area contributed by atoms with Gasteiger partial charge >= 0.3 is 5.97 Å². The molecule has 0 radical (unpaired) electrons. The molecule has 1 aromatic heterocycles. The summed E-state index contributed by atoms with van der Waals surface area (Å²) >= 11 is 7.53. The van der Waals surface area contributed by atoms with Crippen LogP contribution in [0.3, 0.4) is 0 Å². The smallest absolute Gasteiger partial charge is 0.338 e. The predicted molar refractivity (Wildman–Crippen MR) is 160 cm³/mol. The van der Waals surface area contributed by atoms with Crippen molar-refractivity contribution in [2.75, 3.05) is 13.7 Å². The fraction of sp³-hybridized carbons (Fsp3) is 0.219. The summed E-state index contributed by atoms with van der Waals surface area (Å²) in [6.45, 7) is 6.03. The number of halogens is 1. The molecule has 1 aliphatic heterocycles. The number of methoxy groups -OCH3 is 1. The molecule has 1 atom stereocenters. The van der Waals surface area contributed by atoms with Crippen LogP contribution in [-0.2, 0) is 16.1 Å². The number of aryl methyl sites for hydroxylation is 1. The Labute approximate surface area is 246 Å². The molecule has 0 bridgehead atoms. The van der Waals surface area contributed by atoms with Crippen molar-refractivity contribution in [3.63, 3.8) is 0 Å². The number of fused-ring (bicyclic) bond motifs is 1. The number of rotatable bonds is 8. The SMILES string of the molecule is CCOC(=O)C1=C(C)N=c2sc(=Cc3ccc(OCc4ccccc4Cl)c(OC)c3)c(=O)n2C1c1ccc(C)cc1. The normalized spacial score (nSPS) is 14.9. The number of thiazole rings is 1. The minimum atomic E-state index is -0.650. The molecule has 1 aliphatic rings. The lowest BCUT2D eigenvalue weighted by Gasteiger charge is -2.24. The predicted octanol–water partition coefficient (Wildman–Crippen LogP) is 5.35. The summed E-state index contributed by atoms with van der Waals surface area (Å²) < 4.78 is 19.0. The Balaban J connectivity index is 1.54. The van der Waals surface area contributed by atoms with Crippen molar-refractivity contribution in [1.29, 1.82) is 0 Å². The van der Waals surface area contributed by atoms with Crippen LogP contribution in [0.5, 0.6) is 11.5 Å². The molecule has 7 nitrogen and oxygen atoms in total. The van der Waals surface area contributed by atoms with Gasteiger partial charge < -0.3 is 14.2 Å². The Morgan fingerprint density at radius 3 is 2.54 bits per heavy atom. The number of allylic oxidation sites excluding steroid dienone is 1. The van der Waals surface area contributed by atoms with Crippen LogP contribution in [0.4, 0.5) is 0 Å². The zero-order valence-corrected chi connectivity index (χ0v) is 24.7. The molecule has 0 aliphatic carbocycles. The number of carbonyl (C=O) groups excluding carboxylic acids is 1. The van der Waals surface area contributed by atoms with Gasteiger partial charge in [-0.2, -0.15) is 0 Å². The van der Waals surface area contributed by atoms with Crippen molar-refractivity contribution in [2.24, 2.45) is 4.99 Å². The van der Waals surface area contributed by atoms with E-state index in [9.17, 15) is 9.59 Å². The third-order valence-electron chi connectivity index (χ3n) is 6.74. The van der Waals surface area contributed by atoms with E-state index in [4.69, 9.17) is 25.8 Å². The number of carbonyl (C=O) groups is 1. The number of benzene rings is 3. The first-order valence-corrected chi connectivity index (χ1v) is 14.3. The second-order valence-electron chi connectivity index (χ2n) is 9.50. The molecule has 0 saturated carbocycles. The van der Waals surface area contributed by atoms with Gasteiger partial charge in [-0.1, -0.05) is 77.0 Å². The highest BCUT2D eigenvalue weighted by atomic mass is 35.5. The molecule has 0 fully saturated rings. The highest BCUT2D eigenvalue weighted by molar-refractivity contribution is 7.07. The highest BCUT2D eigenvalue weighted by Gasteiger charge is 2.33. The number of hydrogen-bond donors (Lipinski definition) is 0. The number of aromatic nitrogens is 1. The molecule has 2 heterocycles. The molecule has 5 rings (SSSR count). The van der Waals surface area contributed by atoms with Gasteiger partial charge in [-0.05, 0) is 56.2 Å². The summed E-state index contributed by atoms with van der Waals surface area (Å²) in [7, 11) is 1.57. The number of esters is 1. The monoisotopic (exact) mass is 588 g/mol. The molecule has 1 unspecified atom stereocenters. The average molecular weight is 589 g/mol. The van der Waals surface area contributed by atoms with E-state index < -0.39 is 12.0 Å². The van der Waals surface area contributed by atoms with E-state index in [0.717, 1.165) is 22.3 Å². The standard InChI is InChI=1S/C32H29ClN2O5S/c1-5-39-31(37)28-20(3)34-32-35(29(28)22-13-10-19(2)11-14-22)30(36)27(41-32)17-21-12-15-25(26(16-21)38-4)40-18-23-8-6-7-9-24(23)33/h6-17,29H,5,18H2,1-4H3. The second kappa shape index (κ2) is 12.2. The first-order chi connectivity index (χ1) is 19.8. The van der Waals surface area contributed by atoms with Gasteiger partial charge in [0.25, 0.3) is 5.56 Å². The summed E-state index contributed by atoms with van der Waals surface area (Å²) in [6, 6.07) is 20.1. The Kier molecular flexibility index (Phi) is 8.42. The van der Waals surface area contributed by atoms with Crippen LogP contribution in [0.1, 0.15) is 42.1 Å². The summed E-state index contributed by atoms with van der Waals surface area (Å²) in [5.74, 6) is 0.599. The fourth-order valence-electron chi connectivity index (χ4n) is 4.67. The summed E-state index contributed by atoms with van der Waals surface area (Å²) in [6.07, 6.45) is 1.79. The minimum absolute atomic E-state index is 0.223. The molecule has 0 amide bonds. The molecule has 3 aromatic carbocycles. The average Bonchev–Trinajstić information content (AvgIpc) is 3.26. The molecule has 41 heavy (non-hydrogen) atoms. The third kappa shape index (κ3) is 5.85. The summed E-state index contributed by atoms with van der Waals surface area (Å²) in [5.41, 5.74) is 4.15. The Morgan fingerprint density at radius 1 is 1.07 bits per heavy atom. The van der Waals surface area contributed by atoms with Crippen LogP contribution < -0.4 is 24.4 Å². The number of ether oxygens (including phenoxy) is 3. The molecule has 0 N–H and O–H groups in total. The van der Waals surface area contributed by atoms with Crippen LogP contribution in [-0.4, -0.2) is 24.3 Å². The lowest BCUT2D eigenvalue weighted by Crippen LogP contribution is -2.39. The minimum Gasteiger partial charge on any atom is -0.493 e. The molecule has 9 heteroatoms. The lowest BCUT2D eigenvalue weighted by molar-refractivity contribution is -0.139. The highest BCUT2D eigenvalue weighted by Crippen LogP contribution is 2.32. The van der Waals surface area contributed by atoms with Gasteiger partial charge in [0.15, 0.2) is 16.3 Å². The molecule has 210 valence electrons. The maximum atomic E-state index is 13.9. The molecular formula is C32H29ClN2O5S. The summed E-state index contributed by atoms with van der Waals surface area (Å²) in [4.78, 5) is 32.1. The molecule has 0 saturated heterocycles. The fourth-order valence-corrected chi connectivity index (χ4v) is 5.91. The van der Waals surface area contributed by atoms with Crippen molar-refractivity contribution >= 4 is 35.0 Å². The zero-order valence-electron chi connectivity index (χ0n) is 23.1. The van der Waals surface area contributed by atoms with Gasteiger partial charge in [-0.25, -0.2) is 9.79 Å². The van der Waals surface area contributed by atoms with Crippen LogP contribution in [0.2, 0.25) is 5.02 Å². The van der Waals surface area contributed by atoms with Crippen molar-refractivity contribution in [3.05, 3.63) is 125 Å². The van der Waals surface area contributed by atoms with Crippen molar-refractivity contribution in [1.82, 2.24) is 4.57 Å². The van der Waals surface area contributed by atoms with Crippen LogP contribution in [0, 0.1) is 6.92 Å². The van der Waals surface area contributed by atoms with E-state index in [1.807, 2.05) is 67.6 Å². The Morgan fingerprint density at radius 2 is 1.83 bits per heavy atom. The molecule has 0 spiro atoms. The summed E-state index contributed by atoms with van der Waals surface area (Å²) in [5, 5.41) is 0.628. The van der Waals surface area contributed by atoms with Crippen LogP contribution in [0.25, 0.3) is 6.08 Å². The lowest BCUT2D eigenvalue weighted by atomic mass is 9.95. The topological polar surface area (TPSA) is 79.1 Å². The van der Waals surface area contributed by atoms with Gasteiger partial charge in [-0.15, -0.1) is 0 Å². The van der Waals surface area contributed by atoms with Gasteiger partial charge in [0, 0.05) is 10.6 Å². The first-order valence-electron chi connectivity index (χ1n) is 13.1. The zero-order chi connectivity index (χ0) is 29.1. The van der Waals surface area contributed by atoms with E-state index in [1.54, 1.807) is 37.7 Å². The Bertz CT molecular complexity index is 1820. The van der Waals surface area contributed by atoms with E-state index in [0.29, 0.717) is 37.1 Å². The largest absolute Gasteiger partial charge is 0.493 e. The Hall–Kier alpha value is -4.14. The van der Waals surface area contributed by atoms with E-state index >= 15 is 0 Å². The van der Waals surface area contributed by atoms with E-state index in [1.165, 1.54) is 11.3 Å². The second-order valence-corrected chi connectivity index (χ2v) is 10.9. The van der Waals surface area contributed by atoms with Gasteiger partial charge in [0.05, 0.1) is 35.6 Å². The van der Waals surface area contributed by atoms with Gasteiger partial charge in [0.2, 0.25) is 0 Å². The van der Waals surface area contributed by atoms with Gasteiger partial charge in [0.1, 0.15) is 6.61 Å².